The first-order chi connectivity index (χ1) is 11.1. The molecule has 1 aliphatic rings. The van der Waals surface area contributed by atoms with Gasteiger partial charge in [0.05, 0.1) is 22.9 Å². The average molecular weight is 323 g/mol. The normalized spacial score (nSPS) is 19.3. The van der Waals surface area contributed by atoms with Gasteiger partial charge in [0.1, 0.15) is 0 Å². The molecule has 2 aromatic rings. The molecular weight excluding hydrogens is 302 g/mol. The van der Waals surface area contributed by atoms with Gasteiger partial charge >= 0.3 is 0 Å². The molecule has 0 aromatic carbocycles. The van der Waals surface area contributed by atoms with Crippen molar-refractivity contribution in [3.63, 3.8) is 0 Å². The van der Waals surface area contributed by atoms with Gasteiger partial charge in [-0.2, -0.15) is 5.26 Å². The molecular formula is C19H21N3S. The first-order valence-corrected chi connectivity index (χ1v) is 8.78. The predicted octanol–water partition coefficient (Wildman–Crippen LogP) is 4.61. The Morgan fingerprint density at radius 3 is 2.96 bits per heavy atom. The quantitative estimate of drug-likeness (QED) is 0.575. The van der Waals surface area contributed by atoms with Gasteiger partial charge in [-0.25, -0.2) is 0 Å². The van der Waals surface area contributed by atoms with E-state index in [1.54, 1.807) is 11.8 Å². The van der Waals surface area contributed by atoms with E-state index in [-0.39, 0.29) is 0 Å². The lowest BCUT2D eigenvalue weighted by Gasteiger charge is -2.12. The number of hydrogen-bond donors (Lipinski definition) is 0. The van der Waals surface area contributed by atoms with Gasteiger partial charge in [-0.1, -0.05) is 12.2 Å². The van der Waals surface area contributed by atoms with Gasteiger partial charge in [0.25, 0.3) is 0 Å². The minimum absolute atomic E-state index is 0.391. The zero-order valence-electron chi connectivity index (χ0n) is 13.5. The molecule has 3 rings (SSSR count). The maximum Gasteiger partial charge on any atom is 0.0962 e. The Kier molecular flexibility index (Phi) is 4.23. The van der Waals surface area contributed by atoms with Gasteiger partial charge in [-0.3, -0.25) is 0 Å². The summed E-state index contributed by atoms with van der Waals surface area (Å²) < 4.78 is 4.53. The van der Waals surface area contributed by atoms with Gasteiger partial charge in [0.2, 0.25) is 0 Å². The van der Waals surface area contributed by atoms with Crippen LogP contribution in [0.5, 0.6) is 0 Å². The fourth-order valence-corrected chi connectivity index (χ4v) is 4.08. The summed E-state index contributed by atoms with van der Waals surface area (Å²) in [6.07, 6.45) is 6.79. The summed E-state index contributed by atoms with van der Waals surface area (Å²) in [5, 5.41) is 9.61. The van der Waals surface area contributed by atoms with E-state index in [9.17, 15) is 5.26 Å². The highest BCUT2D eigenvalue weighted by molar-refractivity contribution is 7.99. The van der Waals surface area contributed by atoms with Gasteiger partial charge < -0.3 is 9.13 Å². The summed E-state index contributed by atoms with van der Waals surface area (Å²) in [5.41, 5.74) is 3.15. The van der Waals surface area contributed by atoms with Crippen LogP contribution < -0.4 is 0 Å². The summed E-state index contributed by atoms with van der Waals surface area (Å²) in [6, 6.07) is 8.92. The van der Waals surface area contributed by atoms with Crippen LogP contribution in [0.4, 0.5) is 0 Å². The van der Waals surface area contributed by atoms with Crippen molar-refractivity contribution in [1.29, 1.82) is 5.26 Å². The number of thioether (sulfide) groups is 1. The van der Waals surface area contributed by atoms with Crippen LogP contribution in [0, 0.1) is 11.3 Å². The smallest absolute Gasteiger partial charge is 0.0962 e. The highest BCUT2D eigenvalue weighted by atomic mass is 32.2. The Hall–Kier alpha value is -2.12. The maximum atomic E-state index is 9.61. The molecule has 0 saturated carbocycles. The predicted molar refractivity (Wildman–Crippen MR) is 96.6 cm³/mol. The molecule has 4 heteroatoms. The zero-order chi connectivity index (χ0) is 16.4. The lowest BCUT2D eigenvalue weighted by Crippen LogP contribution is -2.14. The third-order valence-electron chi connectivity index (χ3n) is 4.46. The van der Waals surface area contributed by atoms with Crippen LogP contribution in [0.15, 0.2) is 54.6 Å². The highest BCUT2D eigenvalue weighted by Crippen LogP contribution is 2.44. The molecule has 3 nitrogen and oxygen atoms in total. The molecule has 0 fully saturated rings. The van der Waals surface area contributed by atoms with Crippen molar-refractivity contribution < 1.29 is 0 Å². The van der Waals surface area contributed by atoms with E-state index < -0.39 is 5.41 Å². The van der Waals surface area contributed by atoms with Crippen LogP contribution in [0.3, 0.4) is 0 Å². The molecule has 0 saturated heterocycles. The second-order valence-electron chi connectivity index (χ2n) is 6.02. The van der Waals surface area contributed by atoms with Crippen molar-refractivity contribution >= 4 is 11.8 Å². The molecule has 3 heterocycles. The third kappa shape index (κ3) is 2.55. The molecule has 118 valence electrons. The topological polar surface area (TPSA) is 33.6 Å². The molecule has 0 bridgehead atoms. The summed E-state index contributed by atoms with van der Waals surface area (Å²) in [6.45, 7) is 11.4. The van der Waals surface area contributed by atoms with E-state index in [1.807, 2.05) is 19.1 Å². The Balaban J connectivity index is 2.17. The van der Waals surface area contributed by atoms with Crippen LogP contribution >= 0.6 is 11.8 Å². The molecule has 0 radical (unpaired) electrons. The second-order valence-corrected chi connectivity index (χ2v) is 7.08. The van der Waals surface area contributed by atoms with E-state index in [4.69, 9.17) is 0 Å². The van der Waals surface area contributed by atoms with E-state index in [0.29, 0.717) is 0 Å². The Morgan fingerprint density at radius 1 is 1.43 bits per heavy atom. The molecule has 2 aromatic heterocycles. The first-order valence-electron chi connectivity index (χ1n) is 7.80. The average Bonchev–Trinajstić information content (AvgIpc) is 3.22. The van der Waals surface area contributed by atoms with Crippen molar-refractivity contribution in [1.82, 2.24) is 9.13 Å². The summed E-state index contributed by atoms with van der Waals surface area (Å²) in [5.74, 6) is 0.863. The molecule has 0 N–H and O–H groups in total. The summed E-state index contributed by atoms with van der Waals surface area (Å²) in [4.78, 5) is 1.23. The van der Waals surface area contributed by atoms with E-state index in [2.05, 4.69) is 52.8 Å². The lowest BCUT2D eigenvalue weighted by atomic mass is 9.88. The number of nitrogens with zero attached hydrogens (tertiary/aromatic N) is 3. The largest absolute Gasteiger partial charge is 0.342 e. The molecule has 0 amide bonds. The molecule has 1 aliphatic heterocycles. The molecule has 23 heavy (non-hydrogen) atoms. The molecule has 1 atom stereocenters. The van der Waals surface area contributed by atoms with Gasteiger partial charge in [0, 0.05) is 35.6 Å². The van der Waals surface area contributed by atoms with Gasteiger partial charge in [-0.15, -0.1) is 24.9 Å². The zero-order valence-corrected chi connectivity index (χ0v) is 14.3. The Labute approximate surface area is 141 Å². The first kappa shape index (κ1) is 15.8. The molecule has 1 unspecified atom stereocenters. The van der Waals surface area contributed by atoms with Crippen LogP contribution in [0.1, 0.15) is 19.0 Å². The number of nitriles is 1. The summed E-state index contributed by atoms with van der Waals surface area (Å²) >= 11 is 1.78. The van der Waals surface area contributed by atoms with Crippen molar-refractivity contribution in [2.24, 2.45) is 0 Å². The van der Waals surface area contributed by atoms with E-state index in [1.165, 1.54) is 16.3 Å². The Bertz CT molecular complexity index is 790. The second kappa shape index (κ2) is 6.17. The minimum atomic E-state index is -0.391. The van der Waals surface area contributed by atoms with Crippen molar-refractivity contribution in [2.45, 2.75) is 36.7 Å². The number of rotatable bonds is 6. The van der Waals surface area contributed by atoms with Crippen molar-refractivity contribution in [3.05, 3.63) is 55.4 Å². The fourth-order valence-electron chi connectivity index (χ4n) is 3.24. The monoisotopic (exact) mass is 323 g/mol. The van der Waals surface area contributed by atoms with E-state index in [0.717, 1.165) is 31.0 Å². The van der Waals surface area contributed by atoms with Crippen LogP contribution in [-0.4, -0.2) is 14.9 Å². The number of hydrogen-bond acceptors (Lipinski definition) is 2. The maximum absolute atomic E-state index is 9.61. The highest BCUT2D eigenvalue weighted by Gasteiger charge is 2.38. The SMILES string of the molecule is C=CCSc1cc2n(c1-c1cccn1CC=C)CCC2(C)C#N. The lowest BCUT2D eigenvalue weighted by molar-refractivity contribution is 0.595. The number of allylic oxidation sites excluding steroid dienone is 1. The van der Waals surface area contributed by atoms with Crippen LogP contribution in [-0.2, 0) is 18.5 Å². The summed E-state index contributed by atoms with van der Waals surface area (Å²) in [7, 11) is 0. The minimum Gasteiger partial charge on any atom is -0.342 e. The Morgan fingerprint density at radius 2 is 2.26 bits per heavy atom. The molecule has 0 aliphatic carbocycles. The third-order valence-corrected chi connectivity index (χ3v) is 5.49. The van der Waals surface area contributed by atoms with Crippen LogP contribution in [0.2, 0.25) is 0 Å². The van der Waals surface area contributed by atoms with Crippen molar-refractivity contribution in [3.8, 4) is 17.5 Å². The number of fused-ring (bicyclic) bond motifs is 1. The number of aromatic nitrogens is 2. The fraction of sp³-hybridized carbons (Fsp3) is 0.316. The van der Waals surface area contributed by atoms with Crippen molar-refractivity contribution in [2.75, 3.05) is 5.75 Å². The standard InChI is InChI=1S/C19H21N3S/c1-4-9-21-10-6-7-15(21)18-16(23-12-5-2)13-17-19(3,14-20)8-11-22(17)18/h4-7,10,13H,1-2,8-9,11-12H2,3H3. The van der Waals surface area contributed by atoms with E-state index >= 15 is 0 Å². The van der Waals surface area contributed by atoms with Gasteiger partial charge in [-0.05, 0) is 31.5 Å². The van der Waals surface area contributed by atoms with Crippen LogP contribution in [0.25, 0.3) is 11.4 Å². The van der Waals surface area contributed by atoms with Gasteiger partial charge in [0.15, 0.2) is 0 Å². The molecule has 0 spiro atoms.